The summed E-state index contributed by atoms with van der Waals surface area (Å²) in [5.74, 6) is -1.83. The number of halogens is 3. The van der Waals surface area contributed by atoms with E-state index in [1.165, 1.54) is 6.20 Å². The number of amides is 1. The van der Waals surface area contributed by atoms with E-state index in [4.69, 9.17) is 0 Å². The zero-order valence-corrected chi connectivity index (χ0v) is 14.6. The van der Waals surface area contributed by atoms with Crippen LogP contribution in [0.1, 0.15) is 17.7 Å². The normalized spacial score (nSPS) is 11.6. The fourth-order valence-corrected chi connectivity index (χ4v) is 2.62. The average molecular weight is 365 g/mol. The van der Waals surface area contributed by atoms with Crippen LogP contribution in [-0.4, -0.2) is 47.0 Å². The molecule has 1 amide bonds. The Kier molecular flexibility index (Phi) is 7.15. The van der Waals surface area contributed by atoms with Crippen molar-refractivity contribution in [1.82, 2.24) is 14.8 Å². The lowest BCUT2D eigenvalue weighted by Crippen LogP contribution is -2.42. The van der Waals surface area contributed by atoms with Gasteiger partial charge in [0.1, 0.15) is 0 Å². The molecule has 2 rings (SSSR count). The number of rotatable bonds is 8. The molecular weight excluding hydrogens is 343 g/mol. The minimum Gasteiger partial charge on any atom is -0.329 e. The van der Waals surface area contributed by atoms with Crippen LogP contribution in [-0.2, 0) is 17.9 Å². The Morgan fingerprint density at radius 3 is 2.31 bits per heavy atom. The quantitative estimate of drug-likeness (QED) is 0.719. The van der Waals surface area contributed by atoms with Crippen molar-refractivity contribution in [3.05, 3.63) is 66.0 Å². The van der Waals surface area contributed by atoms with Crippen molar-refractivity contribution in [1.29, 1.82) is 0 Å². The second-order valence-electron chi connectivity index (χ2n) is 6.12. The highest BCUT2D eigenvalue weighted by atomic mass is 19.4. The molecule has 0 unspecified atom stereocenters. The number of alkyl halides is 3. The molecule has 1 aromatic carbocycles. The van der Waals surface area contributed by atoms with Gasteiger partial charge in [0.15, 0.2) is 0 Å². The number of benzene rings is 1. The molecular formula is C19H22F3N3O. The summed E-state index contributed by atoms with van der Waals surface area (Å²) >= 11 is 0. The molecule has 0 spiro atoms. The molecule has 0 radical (unpaired) electrons. The first-order chi connectivity index (χ1) is 12.4. The molecule has 7 heteroatoms. The van der Waals surface area contributed by atoms with Crippen molar-refractivity contribution >= 4 is 5.91 Å². The summed E-state index contributed by atoms with van der Waals surface area (Å²) in [4.78, 5) is 18.5. The van der Waals surface area contributed by atoms with Gasteiger partial charge in [-0.1, -0.05) is 36.4 Å². The number of nitrogens with zero attached hydrogens (tertiary/aromatic N) is 3. The highest BCUT2D eigenvalue weighted by Gasteiger charge is 2.42. The van der Waals surface area contributed by atoms with E-state index in [-0.39, 0.29) is 13.1 Å². The summed E-state index contributed by atoms with van der Waals surface area (Å²) in [5, 5.41) is 0. The van der Waals surface area contributed by atoms with E-state index in [0.29, 0.717) is 25.2 Å². The number of carbonyl (C=O) groups is 1. The summed E-state index contributed by atoms with van der Waals surface area (Å²) in [6, 6.07) is 14.8. The molecule has 0 fully saturated rings. The van der Waals surface area contributed by atoms with Crippen LogP contribution < -0.4 is 0 Å². The van der Waals surface area contributed by atoms with Gasteiger partial charge in [0.05, 0.1) is 12.2 Å². The number of aromatic nitrogens is 1. The van der Waals surface area contributed by atoms with E-state index >= 15 is 0 Å². The van der Waals surface area contributed by atoms with Crippen molar-refractivity contribution in [2.24, 2.45) is 0 Å². The molecule has 26 heavy (non-hydrogen) atoms. The first kappa shape index (κ1) is 19.9. The molecule has 0 saturated carbocycles. The molecule has 0 aliphatic heterocycles. The highest BCUT2D eigenvalue weighted by molar-refractivity contribution is 5.81. The summed E-state index contributed by atoms with van der Waals surface area (Å²) in [7, 11) is 1.90. The van der Waals surface area contributed by atoms with Crippen LogP contribution in [0.25, 0.3) is 0 Å². The molecule has 0 bridgehead atoms. The third kappa shape index (κ3) is 6.48. The van der Waals surface area contributed by atoms with E-state index in [0.717, 1.165) is 10.5 Å². The van der Waals surface area contributed by atoms with Gasteiger partial charge in [-0.25, -0.2) is 0 Å². The van der Waals surface area contributed by atoms with Crippen LogP contribution in [0.5, 0.6) is 0 Å². The Balaban J connectivity index is 1.90. The van der Waals surface area contributed by atoms with Crippen LogP contribution in [0.4, 0.5) is 13.2 Å². The highest BCUT2D eigenvalue weighted by Crippen LogP contribution is 2.20. The molecule has 2 aromatic rings. The lowest BCUT2D eigenvalue weighted by atomic mass is 10.2. The molecule has 1 aromatic heterocycles. The summed E-state index contributed by atoms with van der Waals surface area (Å²) in [6.45, 7) is 1.16. The van der Waals surface area contributed by atoms with E-state index < -0.39 is 12.1 Å². The zero-order valence-electron chi connectivity index (χ0n) is 14.6. The van der Waals surface area contributed by atoms with E-state index in [2.05, 4.69) is 4.98 Å². The largest absolute Gasteiger partial charge is 0.471 e. The maximum absolute atomic E-state index is 12.9. The predicted octanol–water partition coefficient (Wildman–Crippen LogP) is 3.49. The molecule has 1 heterocycles. The summed E-state index contributed by atoms with van der Waals surface area (Å²) in [6.07, 6.45) is -2.94. The average Bonchev–Trinajstić information content (AvgIpc) is 2.61. The summed E-state index contributed by atoms with van der Waals surface area (Å²) in [5.41, 5.74) is 1.56. The smallest absolute Gasteiger partial charge is 0.329 e. The molecule has 140 valence electrons. The van der Waals surface area contributed by atoms with E-state index in [1.807, 2.05) is 42.3 Å². The number of pyridine rings is 1. The van der Waals surface area contributed by atoms with Crippen molar-refractivity contribution in [3.63, 3.8) is 0 Å². The van der Waals surface area contributed by atoms with Crippen LogP contribution in [0.15, 0.2) is 54.7 Å². The molecule has 0 saturated heterocycles. The Labute approximate surface area is 151 Å². The third-order valence-electron chi connectivity index (χ3n) is 3.87. The van der Waals surface area contributed by atoms with Crippen LogP contribution in [0, 0.1) is 0 Å². The zero-order chi connectivity index (χ0) is 19.0. The molecule has 0 atom stereocenters. The van der Waals surface area contributed by atoms with Gasteiger partial charge >= 0.3 is 12.1 Å². The van der Waals surface area contributed by atoms with Crippen molar-refractivity contribution < 1.29 is 18.0 Å². The Bertz CT molecular complexity index is 677. The number of hydrogen-bond donors (Lipinski definition) is 0. The second kappa shape index (κ2) is 9.33. The lowest BCUT2D eigenvalue weighted by molar-refractivity contribution is -0.186. The van der Waals surface area contributed by atoms with Gasteiger partial charge in [-0.05, 0) is 37.7 Å². The standard InChI is InChI=1S/C19H22F3N3O/c1-24(14-16-8-3-2-4-9-16)12-7-13-25(18(26)19(20,21)22)15-17-10-5-6-11-23-17/h2-6,8-11H,7,12-15H2,1H3. The van der Waals surface area contributed by atoms with Crippen molar-refractivity contribution in [3.8, 4) is 0 Å². The predicted molar refractivity (Wildman–Crippen MR) is 93.1 cm³/mol. The first-order valence-electron chi connectivity index (χ1n) is 8.35. The van der Waals surface area contributed by atoms with Crippen molar-refractivity contribution in [2.75, 3.05) is 20.1 Å². The van der Waals surface area contributed by atoms with Crippen LogP contribution >= 0.6 is 0 Å². The second-order valence-corrected chi connectivity index (χ2v) is 6.12. The van der Waals surface area contributed by atoms with Gasteiger partial charge in [-0.2, -0.15) is 13.2 Å². The molecule has 0 aliphatic rings. The minimum atomic E-state index is -4.88. The van der Waals surface area contributed by atoms with Crippen molar-refractivity contribution in [2.45, 2.75) is 25.7 Å². The number of hydrogen-bond acceptors (Lipinski definition) is 3. The minimum absolute atomic E-state index is 0.0219. The van der Waals surface area contributed by atoms with Crippen LogP contribution in [0.3, 0.4) is 0 Å². The Morgan fingerprint density at radius 1 is 1.00 bits per heavy atom. The molecule has 0 N–H and O–H groups in total. The van der Waals surface area contributed by atoms with Gasteiger partial charge in [-0.15, -0.1) is 0 Å². The van der Waals surface area contributed by atoms with Gasteiger partial charge in [0, 0.05) is 19.3 Å². The maximum atomic E-state index is 12.9. The van der Waals surface area contributed by atoms with Gasteiger partial charge in [0.25, 0.3) is 0 Å². The monoisotopic (exact) mass is 365 g/mol. The van der Waals surface area contributed by atoms with Gasteiger partial charge in [-0.3, -0.25) is 9.78 Å². The summed E-state index contributed by atoms with van der Waals surface area (Å²) < 4.78 is 38.6. The van der Waals surface area contributed by atoms with Crippen LogP contribution in [0.2, 0.25) is 0 Å². The SMILES string of the molecule is CN(CCCN(Cc1ccccn1)C(=O)C(F)(F)F)Cc1ccccc1. The third-order valence-corrected chi connectivity index (χ3v) is 3.87. The van der Waals surface area contributed by atoms with E-state index in [1.54, 1.807) is 18.2 Å². The lowest BCUT2D eigenvalue weighted by Gasteiger charge is -2.25. The fourth-order valence-electron chi connectivity index (χ4n) is 2.62. The molecule has 0 aliphatic carbocycles. The van der Waals surface area contributed by atoms with E-state index in [9.17, 15) is 18.0 Å². The Morgan fingerprint density at radius 2 is 1.69 bits per heavy atom. The first-order valence-corrected chi connectivity index (χ1v) is 8.35. The topological polar surface area (TPSA) is 36.4 Å². The van der Waals surface area contributed by atoms with Gasteiger partial charge < -0.3 is 9.80 Å². The molecule has 4 nitrogen and oxygen atoms in total. The Hall–Kier alpha value is -2.41. The maximum Gasteiger partial charge on any atom is 0.471 e. The fraction of sp³-hybridized carbons (Fsp3) is 0.368. The van der Waals surface area contributed by atoms with Gasteiger partial charge in [0.2, 0.25) is 0 Å². The number of carbonyl (C=O) groups excluding carboxylic acids is 1.